The summed E-state index contributed by atoms with van der Waals surface area (Å²) in [5.74, 6) is 0.00410. The van der Waals surface area contributed by atoms with E-state index in [0.717, 1.165) is 20.8 Å². The molecule has 4 nitrogen and oxygen atoms in total. The number of aromatic nitrogens is 2. The maximum absolute atomic E-state index is 11.5. The molecule has 20 heavy (non-hydrogen) atoms. The minimum Gasteiger partial charge on any atom is -0.506 e. The van der Waals surface area contributed by atoms with E-state index in [1.54, 1.807) is 11.3 Å². The lowest BCUT2D eigenvalue weighted by Crippen LogP contribution is -2.01. The first-order chi connectivity index (χ1) is 9.72. The lowest BCUT2D eigenvalue weighted by atomic mass is 10.2. The van der Waals surface area contributed by atoms with Crippen LogP contribution in [0.3, 0.4) is 0 Å². The minimum atomic E-state index is -0.308. The molecule has 98 valence electrons. The van der Waals surface area contributed by atoms with Gasteiger partial charge in [0, 0.05) is 11.5 Å². The summed E-state index contributed by atoms with van der Waals surface area (Å²) < 4.78 is 0.662. The van der Waals surface area contributed by atoms with Gasteiger partial charge in [0.15, 0.2) is 0 Å². The Hall–Kier alpha value is -2.18. The number of fused-ring (bicyclic) bond motifs is 3. The molecule has 4 aromatic heterocycles. The summed E-state index contributed by atoms with van der Waals surface area (Å²) in [6, 6.07) is 9.07. The molecule has 4 rings (SSSR count). The van der Waals surface area contributed by atoms with Gasteiger partial charge in [0.2, 0.25) is 0 Å². The van der Waals surface area contributed by atoms with Crippen LogP contribution in [0.5, 0.6) is 5.75 Å². The second-order valence-electron chi connectivity index (χ2n) is 4.35. The van der Waals surface area contributed by atoms with E-state index in [-0.39, 0.29) is 11.3 Å². The molecular weight excluding hydrogens is 292 g/mol. The quantitative estimate of drug-likeness (QED) is 0.565. The van der Waals surface area contributed by atoms with Gasteiger partial charge in [-0.3, -0.25) is 4.79 Å². The first-order valence-corrected chi connectivity index (χ1v) is 7.61. The summed E-state index contributed by atoms with van der Waals surface area (Å²) in [4.78, 5) is 20.8. The van der Waals surface area contributed by atoms with Crippen LogP contribution in [0, 0.1) is 0 Å². The van der Waals surface area contributed by atoms with E-state index in [1.807, 2.05) is 29.6 Å². The number of aromatic amines is 1. The maximum Gasteiger partial charge on any atom is 0.252 e. The molecule has 2 N–H and O–H groups in total. The molecule has 0 unspecified atom stereocenters. The average molecular weight is 300 g/mol. The van der Waals surface area contributed by atoms with Crippen LogP contribution in [0.1, 0.15) is 0 Å². The molecule has 0 aliphatic carbocycles. The van der Waals surface area contributed by atoms with Crippen molar-refractivity contribution in [3.8, 4) is 16.3 Å². The third-order valence-electron chi connectivity index (χ3n) is 3.08. The standard InChI is InChI=1S/C14H8N2O2S2/c17-9-6-11(18)16-12-7-3-4-8(10-2-1-5-19-10)15-14(7)20-13(9)12/h1-6H,(H2,16,17,18). The van der Waals surface area contributed by atoms with Crippen molar-refractivity contribution in [2.45, 2.75) is 0 Å². The van der Waals surface area contributed by atoms with Crippen LogP contribution < -0.4 is 5.56 Å². The minimum absolute atomic E-state index is 0.00410. The normalized spacial score (nSPS) is 11.4. The summed E-state index contributed by atoms with van der Waals surface area (Å²) in [6.07, 6.45) is 0. The number of rotatable bonds is 1. The van der Waals surface area contributed by atoms with Gasteiger partial charge in [0.1, 0.15) is 10.6 Å². The van der Waals surface area contributed by atoms with Gasteiger partial charge in [-0.25, -0.2) is 4.98 Å². The van der Waals surface area contributed by atoms with E-state index >= 15 is 0 Å². The molecule has 0 radical (unpaired) electrons. The summed E-state index contributed by atoms with van der Waals surface area (Å²) in [6.45, 7) is 0. The molecule has 0 amide bonds. The Morgan fingerprint density at radius 2 is 2.15 bits per heavy atom. The Morgan fingerprint density at radius 1 is 1.25 bits per heavy atom. The van der Waals surface area contributed by atoms with Crippen molar-refractivity contribution in [3.05, 3.63) is 46.1 Å². The topological polar surface area (TPSA) is 66.0 Å². The number of thiophene rings is 2. The smallest absolute Gasteiger partial charge is 0.252 e. The van der Waals surface area contributed by atoms with Gasteiger partial charge in [-0.2, -0.15) is 0 Å². The van der Waals surface area contributed by atoms with Crippen molar-refractivity contribution in [2.75, 3.05) is 0 Å². The van der Waals surface area contributed by atoms with Crippen molar-refractivity contribution < 1.29 is 5.11 Å². The first-order valence-electron chi connectivity index (χ1n) is 5.92. The molecule has 4 aromatic rings. The van der Waals surface area contributed by atoms with E-state index < -0.39 is 0 Å². The second-order valence-corrected chi connectivity index (χ2v) is 6.30. The molecule has 0 aromatic carbocycles. The van der Waals surface area contributed by atoms with E-state index in [0.29, 0.717) is 10.2 Å². The molecule has 0 saturated carbocycles. The summed E-state index contributed by atoms with van der Waals surface area (Å²) in [5.41, 5.74) is 1.25. The lowest BCUT2D eigenvalue weighted by molar-refractivity contribution is 0.481. The second kappa shape index (κ2) is 4.16. The fourth-order valence-electron chi connectivity index (χ4n) is 2.19. The van der Waals surface area contributed by atoms with Gasteiger partial charge in [0.25, 0.3) is 5.56 Å². The number of H-pyrrole nitrogens is 1. The van der Waals surface area contributed by atoms with Gasteiger partial charge in [-0.1, -0.05) is 6.07 Å². The third kappa shape index (κ3) is 1.65. The Labute approximate surface area is 121 Å². The fourth-order valence-corrected chi connectivity index (χ4v) is 3.93. The van der Waals surface area contributed by atoms with Crippen LogP contribution in [0.2, 0.25) is 0 Å². The van der Waals surface area contributed by atoms with Crippen molar-refractivity contribution in [2.24, 2.45) is 0 Å². The third-order valence-corrected chi connectivity index (χ3v) is 5.09. The molecule has 0 spiro atoms. The number of hydrogen-bond acceptors (Lipinski definition) is 5. The van der Waals surface area contributed by atoms with Crippen LogP contribution in [-0.2, 0) is 0 Å². The SMILES string of the molecule is O=c1cc(O)c2sc3nc(-c4cccs4)ccc3c2[nH]1. The Kier molecular flexibility index (Phi) is 2.42. The Balaban J connectivity index is 2.07. The van der Waals surface area contributed by atoms with Crippen molar-refractivity contribution in [1.29, 1.82) is 0 Å². The molecule has 0 aliphatic heterocycles. The summed E-state index contributed by atoms with van der Waals surface area (Å²) in [5, 5.41) is 12.7. The number of pyridine rings is 2. The lowest BCUT2D eigenvalue weighted by Gasteiger charge is -1.96. The van der Waals surface area contributed by atoms with Crippen LogP contribution in [0.25, 0.3) is 31.0 Å². The van der Waals surface area contributed by atoms with Gasteiger partial charge in [0.05, 0.1) is 20.8 Å². The predicted molar refractivity (Wildman–Crippen MR) is 82.7 cm³/mol. The number of nitrogens with one attached hydrogen (secondary N) is 1. The van der Waals surface area contributed by atoms with Gasteiger partial charge >= 0.3 is 0 Å². The van der Waals surface area contributed by atoms with Crippen LogP contribution in [-0.4, -0.2) is 15.1 Å². The van der Waals surface area contributed by atoms with Gasteiger partial charge in [-0.05, 0) is 23.6 Å². The van der Waals surface area contributed by atoms with Crippen molar-refractivity contribution >= 4 is 43.1 Å². The predicted octanol–water partition coefficient (Wildman–Crippen LogP) is 3.57. The highest BCUT2D eigenvalue weighted by atomic mass is 32.1. The largest absolute Gasteiger partial charge is 0.506 e. The number of nitrogens with zero attached hydrogens (tertiary/aromatic N) is 1. The van der Waals surface area contributed by atoms with E-state index in [9.17, 15) is 9.90 Å². The molecule has 0 saturated heterocycles. The zero-order valence-corrected chi connectivity index (χ0v) is 11.7. The van der Waals surface area contributed by atoms with Crippen molar-refractivity contribution in [1.82, 2.24) is 9.97 Å². The highest BCUT2D eigenvalue weighted by Gasteiger charge is 2.12. The molecule has 6 heteroatoms. The zero-order valence-electron chi connectivity index (χ0n) is 10.1. The number of aromatic hydroxyl groups is 1. The van der Waals surface area contributed by atoms with E-state index in [2.05, 4.69) is 9.97 Å². The molecule has 0 aliphatic rings. The Morgan fingerprint density at radius 3 is 2.95 bits per heavy atom. The van der Waals surface area contributed by atoms with Crippen molar-refractivity contribution in [3.63, 3.8) is 0 Å². The van der Waals surface area contributed by atoms with E-state index in [1.165, 1.54) is 17.4 Å². The fraction of sp³-hybridized carbons (Fsp3) is 0. The molecule has 0 atom stereocenters. The van der Waals surface area contributed by atoms with Gasteiger partial charge < -0.3 is 10.1 Å². The average Bonchev–Trinajstić information content (AvgIpc) is 3.05. The maximum atomic E-state index is 11.5. The number of hydrogen-bond donors (Lipinski definition) is 2. The van der Waals surface area contributed by atoms with Crippen LogP contribution in [0.15, 0.2) is 40.5 Å². The summed E-state index contributed by atoms with van der Waals surface area (Å²) >= 11 is 3.01. The highest BCUT2D eigenvalue weighted by molar-refractivity contribution is 7.25. The summed E-state index contributed by atoms with van der Waals surface area (Å²) in [7, 11) is 0. The highest BCUT2D eigenvalue weighted by Crippen LogP contribution is 2.37. The van der Waals surface area contributed by atoms with Crippen LogP contribution in [0.4, 0.5) is 0 Å². The van der Waals surface area contributed by atoms with Crippen LogP contribution >= 0.6 is 22.7 Å². The Bertz CT molecular complexity index is 984. The molecule has 0 fully saturated rings. The first kappa shape index (κ1) is 11.6. The molecule has 0 bridgehead atoms. The molecule has 4 heterocycles. The van der Waals surface area contributed by atoms with E-state index in [4.69, 9.17) is 0 Å². The monoisotopic (exact) mass is 300 g/mol. The van der Waals surface area contributed by atoms with Gasteiger partial charge in [-0.15, -0.1) is 22.7 Å². The zero-order chi connectivity index (χ0) is 13.7. The molecular formula is C14H8N2O2S2.